The van der Waals surface area contributed by atoms with Gasteiger partial charge < -0.3 is 4.90 Å². The number of thioether (sulfide) groups is 1. The molecule has 0 radical (unpaired) electrons. The smallest absolute Gasteiger partial charge is 0.257 e. The second-order valence-electron chi connectivity index (χ2n) is 3.54. The molecule has 0 unspecified atom stereocenters. The van der Waals surface area contributed by atoms with Crippen molar-refractivity contribution in [1.29, 1.82) is 0 Å². The fourth-order valence-electron chi connectivity index (χ4n) is 1.36. The van der Waals surface area contributed by atoms with E-state index >= 15 is 0 Å². The maximum absolute atomic E-state index is 11.0. The normalized spacial score (nSPS) is 15.3. The zero-order valence-corrected chi connectivity index (χ0v) is 9.54. The molecule has 0 N–H and O–H groups in total. The Bertz CT molecular complexity index is 409. The lowest BCUT2D eigenvalue weighted by Gasteiger charge is -2.12. The molecule has 0 saturated carbocycles. The lowest BCUT2D eigenvalue weighted by molar-refractivity contribution is -0.115. The lowest BCUT2D eigenvalue weighted by atomic mass is 10.2. The van der Waals surface area contributed by atoms with Crippen molar-refractivity contribution in [3.63, 3.8) is 0 Å². The summed E-state index contributed by atoms with van der Waals surface area (Å²) < 4.78 is 0. The Hall–Kier alpha value is -1.29. The molecule has 0 atom stereocenters. The van der Waals surface area contributed by atoms with Crippen molar-refractivity contribution in [2.24, 2.45) is 4.99 Å². The standard InChI is InChI=1S/C11H12N2OS/c1-13(2)9-5-3-8(4-6-9)11-12-10(14)7-15-11/h3-6H,7H2,1-2H3. The van der Waals surface area contributed by atoms with Crippen LogP contribution in [0.25, 0.3) is 0 Å². The van der Waals surface area contributed by atoms with Crippen LogP contribution < -0.4 is 4.90 Å². The number of hydrogen-bond donors (Lipinski definition) is 0. The fraction of sp³-hybridized carbons (Fsp3) is 0.273. The van der Waals surface area contributed by atoms with Gasteiger partial charge in [-0.25, -0.2) is 4.99 Å². The number of carbonyl (C=O) groups excluding carboxylic acids is 1. The summed E-state index contributed by atoms with van der Waals surface area (Å²) in [6.07, 6.45) is 0. The monoisotopic (exact) mass is 220 g/mol. The molecule has 1 amide bonds. The van der Waals surface area contributed by atoms with Gasteiger partial charge in [-0.3, -0.25) is 4.79 Å². The van der Waals surface area contributed by atoms with E-state index in [0.717, 1.165) is 16.3 Å². The van der Waals surface area contributed by atoms with Crippen molar-refractivity contribution in [2.45, 2.75) is 0 Å². The van der Waals surface area contributed by atoms with E-state index in [-0.39, 0.29) is 5.91 Å². The average Bonchev–Trinajstić information content (AvgIpc) is 2.65. The molecule has 1 heterocycles. The predicted molar refractivity (Wildman–Crippen MR) is 64.8 cm³/mol. The molecule has 3 nitrogen and oxygen atoms in total. The third-order valence-corrected chi connectivity index (χ3v) is 3.18. The number of aliphatic imine (C=N–C) groups is 1. The second kappa shape index (κ2) is 4.06. The van der Waals surface area contributed by atoms with Gasteiger partial charge in [-0.15, -0.1) is 0 Å². The second-order valence-corrected chi connectivity index (χ2v) is 4.50. The molecular weight excluding hydrogens is 208 g/mol. The third-order valence-electron chi connectivity index (χ3n) is 2.19. The molecule has 0 aliphatic carbocycles. The minimum Gasteiger partial charge on any atom is -0.378 e. The van der Waals surface area contributed by atoms with Gasteiger partial charge in [0.1, 0.15) is 5.04 Å². The van der Waals surface area contributed by atoms with E-state index in [1.807, 2.05) is 43.3 Å². The van der Waals surface area contributed by atoms with Gasteiger partial charge in [-0.1, -0.05) is 23.9 Å². The van der Waals surface area contributed by atoms with Crippen molar-refractivity contribution in [3.05, 3.63) is 29.8 Å². The maximum Gasteiger partial charge on any atom is 0.257 e. The highest BCUT2D eigenvalue weighted by molar-refractivity contribution is 8.15. The largest absolute Gasteiger partial charge is 0.378 e. The number of benzene rings is 1. The molecule has 78 valence electrons. The van der Waals surface area contributed by atoms with Crippen LogP contribution in [-0.4, -0.2) is 30.8 Å². The molecule has 1 aromatic carbocycles. The molecule has 1 aliphatic heterocycles. The number of nitrogens with zero attached hydrogens (tertiary/aromatic N) is 2. The molecular formula is C11H12N2OS. The van der Waals surface area contributed by atoms with Crippen LogP contribution in [0.1, 0.15) is 5.56 Å². The quantitative estimate of drug-likeness (QED) is 0.761. The Morgan fingerprint density at radius 3 is 2.40 bits per heavy atom. The highest BCUT2D eigenvalue weighted by atomic mass is 32.2. The number of carbonyl (C=O) groups is 1. The van der Waals surface area contributed by atoms with Crippen LogP contribution in [0.3, 0.4) is 0 Å². The van der Waals surface area contributed by atoms with Gasteiger partial charge >= 0.3 is 0 Å². The number of anilines is 1. The van der Waals surface area contributed by atoms with Crippen molar-refractivity contribution in [3.8, 4) is 0 Å². The van der Waals surface area contributed by atoms with E-state index in [2.05, 4.69) is 4.99 Å². The Labute approximate surface area is 93.2 Å². The van der Waals surface area contributed by atoms with E-state index < -0.39 is 0 Å². The Morgan fingerprint density at radius 2 is 1.93 bits per heavy atom. The minimum atomic E-state index is -0.0355. The summed E-state index contributed by atoms with van der Waals surface area (Å²) in [4.78, 5) is 17.0. The first-order chi connectivity index (χ1) is 7.16. The summed E-state index contributed by atoms with van der Waals surface area (Å²) in [5, 5.41) is 0.838. The topological polar surface area (TPSA) is 32.7 Å². The van der Waals surface area contributed by atoms with E-state index in [4.69, 9.17) is 0 Å². The van der Waals surface area contributed by atoms with Crippen LogP contribution in [-0.2, 0) is 4.79 Å². The van der Waals surface area contributed by atoms with Crippen molar-refractivity contribution in [2.75, 3.05) is 24.7 Å². The summed E-state index contributed by atoms with van der Waals surface area (Å²) >= 11 is 1.50. The van der Waals surface area contributed by atoms with E-state index in [1.165, 1.54) is 11.8 Å². The number of rotatable bonds is 2. The Balaban J connectivity index is 2.24. The van der Waals surface area contributed by atoms with Crippen LogP contribution in [0.4, 0.5) is 5.69 Å². The molecule has 1 aromatic rings. The summed E-state index contributed by atoms with van der Waals surface area (Å²) in [5.41, 5.74) is 2.17. The van der Waals surface area contributed by atoms with Gasteiger partial charge in [0.05, 0.1) is 5.75 Å². The molecule has 4 heteroatoms. The molecule has 15 heavy (non-hydrogen) atoms. The summed E-state index contributed by atoms with van der Waals surface area (Å²) in [6.45, 7) is 0. The number of amides is 1. The number of hydrogen-bond acceptors (Lipinski definition) is 3. The van der Waals surface area contributed by atoms with Crippen molar-refractivity contribution >= 4 is 28.4 Å². The van der Waals surface area contributed by atoms with Crippen LogP contribution >= 0.6 is 11.8 Å². The first-order valence-corrected chi connectivity index (χ1v) is 5.67. The minimum absolute atomic E-state index is 0.0355. The van der Waals surface area contributed by atoms with E-state index in [1.54, 1.807) is 0 Å². The molecule has 2 rings (SSSR count). The highest BCUT2D eigenvalue weighted by Crippen LogP contribution is 2.21. The summed E-state index contributed by atoms with van der Waals surface area (Å²) in [5.74, 6) is 0.441. The third kappa shape index (κ3) is 2.21. The Kier molecular flexibility index (Phi) is 2.77. The van der Waals surface area contributed by atoms with Gasteiger partial charge in [0.25, 0.3) is 5.91 Å². The molecule has 0 fully saturated rings. The van der Waals surface area contributed by atoms with Gasteiger partial charge in [0.2, 0.25) is 0 Å². The van der Waals surface area contributed by atoms with E-state index in [0.29, 0.717) is 5.75 Å². The zero-order valence-electron chi connectivity index (χ0n) is 8.73. The van der Waals surface area contributed by atoms with Gasteiger partial charge in [-0.2, -0.15) is 0 Å². The van der Waals surface area contributed by atoms with Gasteiger partial charge in [-0.05, 0) is 12.1 Å². The summed E-state index contributed by atoms with van der Waals surface area (Å²) in [6, 6.07) is 8.06. The van der Waals surface area contributed by atoms with Gasteiger partial charge in [0.15, 0.2) is 0 Å². The first-order valence-electron chi connectivity index (χ1n) is 4.69. The highest BCUT2D eigenvalue weighted by Gasteiger charge is 2.15. The molecule has 1 aliphatic rings. The van der Waals surface area contributed by atoms with Crippen LogP contribution in [0.15, 0.2) is 29.3 Å². The predicted octanol–water partition coefficient (Wildman–Crippen LogP) is 1.77. The average molecular weight is 220 g/mol. The van der Waals surface area contributed by atoms with Crippen LogP contribution in [0.2, 0.25) is 0 Å². The van der Waals surface area contributed by atoms with Crippen LogP contribution in [0, 0.1) is 0 Å². The van der Waals surface area contributed by atoms with Gasteiger partial charge in [0, 0.05) is 25.3 Å². The Morgan fingerprint density at radius 1 is 1.27 bits per heavy atom. The van der Waals surface area contributed by atoms with Crippen molar-refractivity contribution in [1.82, 2.24) is 0 Å². The first kappa shape index (κ1) is 10.2. The summed E-state index contributed by atoms with van der Waals surface area (Å²) in [7, 11) is 4.00. The van der Waals surface area contributed by atoms with Crippen LogP contribution in [0.5, 0.6) is 0 Å². The zero-order chi connectivity index (χ0) is 10.8. The van der Waals surface area contributed by atoms with Crippen molar-refractivity contribution < 1.29 is 4.79 Å². The molecule has 0 aromatic heterocycles. The lowest BCUT2D eigenvalue weighted by Crippen LogP contribution is -2.08. The molecule has 0 spiro atoms. The SMILES string of the molecule is CN(C)c1ccc(C2=NC(=O)CS2)cc1. The maximum atomic E-state index is 11.0. The molecule has 0 saturated heterocycles. The molecule has 0 bridgehead atoms. The fourth-order valence-corrected chi connectivity index (χ4v) is 2.15. The van der Waals surface area contributed by atoms with E-state index in [9.17, 15) is 4.79 Å².